The molecule has 1 aromatic carbocycles. The molecule has 0 saturated carbocycles. The van der Waals surface area contributed by atoms with Crippen LogP contribution in [0.5, 0.6) is 0 Å². The highest BCUT2D eigenvalue weighted by Crippen LogP contribution is 2.29. The van der Waals surface area contributed by atoms with Crippen molar-refractivity contribution in [1.29, 1.82) is 5.26 Å². The number of carbonyl (C=O) groups is 2. The second-order valence-corrected chi connectivity index (χ2v) is 8.49. The van der Waals surface area contributed by atoms with Gasteiger partial charge in [0, 0.05) is 13.1 Å². The van der Waals surface area contributed by atoms with E-state index in [4.69, 9.17) is 5.26 Å². The van der Waals surface area contributed by atoms with E-state index in [1.807, 2.05) is 18.2 Å². The van der Waals surface area contributed by atoms with Gasteiger partial charge >= 0.3 is 0 Å². The van der Waals surface area contributed by atoms with Crippen LogP contribution >= 0.6 is 11.3 Å². The number of amides is 2. The van der Waals surface area contributed by atoms with Gasteiger partial charge < -0.3 is 9.47 Å². The third-order valence-electron chi connectivity index (χ3n) is 5.37. The Morgan fingerprint density at radius 3 is 2.81 bits per heavy atom. The number of benzene rings is 1. The molecule has 3 heterocycles. The molecule has 1 saturated heterocycles. The van der Waals surface area contributed by atoms with Crippen molar-refractivity contribution in [3.8, 4) is 6.07 Å². The molecule has 0 unspecified atom stereocenters. The van der Waals surface area contributed by atoms with E-state index in [9.17, 15) is 18.4 Å². The Balaban J connectivity index is 1.63. The summed E-state index contributed by atoms with van der Waals surface area (Å²) < 4.78 is 27.6. The first kappa shape index (κ1) is 21.6. The highest BCUT2D eigenvalue weighted by molar-refractivity contribution is 7.14. The zero-order valence-corrected chi connectivity index (χ0v) is 17.7. The van der Waals surface area contributed by atoms with Gasteiger partial charge in [-0.3, -0.25) is 14.9 Å². The highest BCUT2D eigenvalue weighted by Gasteiger charge is 2.31. The molecule has 0 radical (unpaired) electrons. The van der Waals surface area contributed by atoms with Crippen LogP contribution in [0.25, 0.3) is 11.0 Å². The second kappa shape index (κ2) is 8.88. The van der Waals surface area contributed by atoms with E-state index >= 15 is 0 Å². The van der Waals surface area contributed by atoms with Gasteiger partial charge in [0.15, 0.2) is 0 Å². The molecule has 0 spiro atoms. The summed E-state index contributed by atoms with van der Waals surface area (Å²) in [6.07, 6.45) is -1.12. The Morgan fingerprint density at radius 2 is 2.09 bits per heavy atom. The number of anilines is 1. The number of alkyl halides is 2. The first-order chi connectivity index (χ1) is 15.4. The summed E-state index contributed by atoms with van der Waals surface area (Å²) in [7, 11) is 0. The fraction of sp³-hybridized carbons (Fsp3) is 0.273. The Hall–Kier alpha value is -3.58. The zero-order chi connectivity index (χ0) is 22.8. The van der Waals surface area contributed by atoms with Crippen LogP contribution < -0.4 is 5.32 Å². The number of halogens is 2. The minimum atomic E-state index is -2.64. The number of hydrogen-bond donors (Lipinski definition) is 1. The molecule has 2 amide bonds. The van der Waals surface area contributed by atoms with Crippen molar-refractivity contribution in [3.63, 3.8) is 0 Å². The third kappa shape index (κ3) is 4.11. The summed E-state index contributed by atoms with van der Waals surface area (Å²) in [6.45, 7) is 4.40. The molecule has 1 N–H and O–H groups in total. The Kier molecular flexibility index (Phi) is 6.01. The Labute approximate surface area is 186 Å². The van der Waals surface area contributed by atoms with Crippen LogP contribution in [0.4, 0.5) is 14.7 Å². The molecule has 0 bridgehead atoms. The number of hydrogen-bond acceptors (Lipinski definition) is 5. The average Bonchev–Trinajstić information content (AvgIpc) is 3.52. The van der Waals surface area contributed by atoms with E-state index in [0.717, 1.165) is 29.7 Å². The minimum Gasteiger partial charge on any atom is -0.333 e. The molecule has 1 atom stereocenters. The molecule has 3 aromatic rings. The van der Waals surface area contributed by atoms with Crippen molar-refractivity contribution in [3.05, 3.63) is 58.3 Å². The van der Waals surface area contributed by atoms with Crippen molar-refractivity contribution >= 4 is 40.1 Å². The molecular weight excluding hydrogens is 436 g/mol. The summed E-state index contributed by atoms with van der Waals surface area (Å²) in [5, 5.41) is 11.8. The maximum absolute atomic E-state index is 12.9. The van der Waals surface area contributed by atoms with Crippen molar-refractivity contribution in [2.45, 2.75) is 31.9 Å². The SMILES string of the molecule is C=C(C#N)C(=O)N1CCC[C@@H]1Cn1c(NC(=O)c2ccc(C(F)F)s2)nc2ccccc21. The summed E-state index contributed by atoms with van der Waals surface area (Å²) in [6, 6.07) is 11.5. The van der Waals surface area contributed by atoms with Crippen LogP contribution in [0, 0.1) is 11.3 Å². The van der Waals surface area contributed by atoms with Gasteiger partial charge in [0.25, 0.3) is 18.2 Å². The maximum Gasteiger partial charge on any atom is 0.272 e. The van der Waals surface area contributed by atoms with E-state index in [1.54, 1.807) is 21.6 Å². The van der Waals surface area contributed by atoms with Crippen molar-refractivity contribution in [2.75, 3.05) is 11.9 Å². The number of likely N-dealkylation sites (tertiary alicyclic amines) is 1. The largest absolute Gasteiger partial charge is 0.333 e. The number of fused-ring (bicyclic) bond motifs is 1. The minimum absolute atomic E-state index is 0.117. The van der Waals surface area contributed by atoms with E-state index in [1.165, 1.54) is 12.1 Å². The van der Waals surface area contributed by atoms with E-state index in [0.29, 0.717) is 18.6 Å². The molecule has 1 fully saturated rings. The lowest BCUT2D eigenvalue weighted by Crippen LogP contribution is -2.38. The normalized spacial score (nSPS) is 15.8. The number of nitrogens with zero attached hydrogens (tertiary/aromatic N) is 4. The van der Waals surface area contributed by atoms with Crippen molar-refractivity contribution in [1.82, 2.24) is 14.5 Å². The van der Waals surface area contributed by atoms with Gasteiger partial charge in [0.05, 0.1) is 26.8 Å². The number of para-hydroxylation sites is 2. The number of thiophene rings is 1. The number of nitriles is 1. The number of carbonyl (C=O) groups excluding carboxylic acids is 2. The molecule has 32 heavy (non-hydrogen) atoms. The summed E-state index contributed by atoms with van der Waals surface area (Å²) in [5.41, 5.74) is 1.30. The Bertz CT molecular complexity index is 1240. The average molecular weight is 455 g/mol. The smallest absolute Gasteiger partial charge is 0.272 e. The van der Waals surface area contributed by atoms with Crippen LogP contribution in [0.2, 0.25) is 0 Å². The van der Waals surface area contributed by atoms with Crippen molar-refractivity contribution in [2.24, 2.45) is 0 Å². The van der Waals surface area contributed by atoms with Crippen LogP contribution in [-0.2, 0) is 11.3 Å². The van der Waals surface area contributed by atoms with Gasteiger partial charge in [0.1, 0.15) is 11.6 Å². The monoisotopic (exact) mass is 455 g/mol. The maximum atomic E-state index is 12.9. The van der Waals surface area contributed by atoms with Gasteiger partial charge in [-0.2, -0.15) is 5.26 Å². The fourth-order valence-electron chi connectivity index (χ4n) is 3.84. The quantitative estimate of drug-likeness (QED) is 0.442. The molecule has 1 aliphatic heterocycles. The first-order valence-corrected chi connectivity index (χ1v) is 10.7. The Morgan fingerprint density at radius 1 is 1.31 bits per heavy atom. The molecule has 2 aromatic heterocycles. The van der Waals surface area contributed by atoms with Crippen LogP contribution in [0.1, 0.15) is 33.8 Å². The highest BCUT2D eigenvalue weighted by atomic mass is 32.1. The van der Waals surface area contributed by atoms with Crippen LogP contribution in [0.3, 0.4) is 0 Å². The summed E-state index contributed by atoms with van der Waals surface area (Å²) in [5.74, 6) is -0.666. The zero-order valence-electron chi connectivity index (χ0n) is 16.9. The number of aromatic nitrogens is 2. The van der Waals surface area contributed by atoms with Crippen LogP contribution in [0.15, 0.2) is 48.6 Å². The number of nitrogens with one attached hydrogen (secondary N) is 1. The van der Waals surface area contributed by atoms with Gasteiger partial charge in [-0.1, -0.05) is 18.7 Å². The lowest BCUT2D eigenvalue weighted by Gasteiger charge is -2.25. The fourth-order valence-corrected chi connectivity index (χ4v) is 4.59. The van der Waals surface area contributed by atoms with Gasteiger partial charge in [-0.05, 0) is 37.1 Å². The summed E-state index contributed by atoms with van der Waals surface area (Å²) >= 11 is 0.732. The number of imidazole rings is 1. The topological polar surface area (TPSA) is 91.0 Å². The number of rotatable bonds is 6. The molecule has 7 nitrogen and oxygen atoms in total. The van der Waals surface area contributed by atoms with Gasteiger partial charge in [0.2, 0.25) is 5.95 Å². The molecule has 1 aliphatic rings. The van der Waals surface area contributed by atoms with Gasteiger partial charge in [-0.15, -0.1) is 11.3 Å². The lowest BCUT2D eigenvalue weighted by atomic mass is 10.2. The molecule has 10 heteroatoms. The van der Waals surface area contributed by atoms with E-state index < -0.39 is 18.2 Å². The van der Waals surface area contributed by atoms with Gasteiger partial charge in [-0.25, -0.2) is 13.8 Å². The summed E-state index contributed by atoms with van der Waals surface area (Å²) in [4.78, 5) is 31.3. The molecule has 164 valence electrons. The molecule has 0 aliphatic carbocycles. The second-order valence-electron chi connectivity index (χ2n) is 7.38. The van der Waals surface area contributed by atoms with E-state index in [-0.39, 0.29) is 27.3 Å². The van der Waals surface area contributed by atoms with Crippen LogP contribution in [-0.4, -0.2) is 38.9 Å². The standard InChI is InChI=1S/C22H19F2N5O2S/c1-13(11-25)21(31)28-10-4-5-14(28)12-29-16-7-3-2-6-15(16)26-22(29)27-20(30)18-9-8-17(32-18)19(23)24/h2-3,6-9,14,19H,1,4-5,10,12H2,(H,26,27,30)/t14-/m1/s1. The third-order valence-corrected chi connectivity index (χ3v) is 6.46. The van der Waals surface area contributed by atoms with Crippen molar-refractivity contribution < 1.29 is 18.4 Å². The molecular formula is C22H19F2N5O2S. The predicted molar refractivity (Wildman–Crippen MR) is 116 cm³/mol. The van der Waals surface area contributed by atoms with E-state index in [2.05, 4.69) is 16.9 Å². The predicted octanol–water partition coefficient (Wildman–Crippen LogP) is 4.36. The first-order valence-electron chi connectivity index (χ1n) is 9.93. The lowest BCUT2D eigenvalue weighted by molar-refractivity contribution is -0.127. The molecule has 4 rings (SSSR count).